The van der Waals surface area contributed by atoms with E-state index in [0.717, 1.165) is 16.1 Å². The molecule has 0 spiro atoms. The summed E-state index contributed by atoms with van der Waals surface area (Å²) in [7, 11) is 0. The lowest BCUT2D eigenvalue weighted by Crippen LogP contribution is -2.16. The minimum Gasteiger partial charge on any atom is -0.382 e. The molecular formula is C13H17BrN2O2. The number of rotatable bonds is 5. The lowest BCUT2D eigenvalue weighted by Gasteiger charge is -2.16. The van der Waals surface area contributed by atoms with Crippen molar-refractivity contribution in [3.63, 3.8) is 0 Å². The van der Waals surface area contributed by atoms with Crippen LogP contribution in [0.3, 0.4) is 0 Å². The van der Waals surface area contributed by atoms with Crippen molar-refractivity contribution in [2.75, 3.05) is 5.32 Å². The van der Waals surface area contributed by atoms with Gasteiger partial charge in [0.15, 0.2) is 0 Å². The van der Waals surface area contributed by atoms with E-state index in [1.54, 1.807) is 13.0 Å². The zero-order chi connectivity index (χ0) is 13.3. The van der Waals surface area contributed by atoms with Crippen LogP contribution in [0.5, 0.6) is 0 Å². The van der Waals surface area contributed by atoms with Gasteiger partial charge in [0.2, 0.25) is 0 Å². The van der Waals surface area contributed by atoms with E-state index in [1.165, 1.54) is 19.3 Å². The number of nitrogens with one attached hydrogen (secondary N) is 1. The van der Waals surface area contributed by atoms with Crippen molar-refractivity contribution in [1.82, 2.24) is 0 Å². The number of aryl methyl sites for hydroxylation is 1. The summed E-state index contributed by atoms with van der Waals surface area (Å²) in [5, 5.41) is 14.2. The van der Waals surface area contributed by atoms with Gasteiger partial charge in [-0.2, -0.15) is 0 Å². The predicted octanol–water partition coefficient (Wildman–Crippen LogP) is 4.27. The van der Waals surface area contributed by atoms with Crippen LogP contribution in [0, 0.1) is 23.0 Å². The second-order valence-electron chi connectivity index (χ2n) is 5.10. The Morgan fingerprint density at radius 2 is 2.22 bits per heavy atom. The Balaban J connectivity index is 2.12. The quantitative estimate of drug-likeness (QED) is 0.652. The average molecular weight is 313 g/mol. The smallest absolute Gasteiger partial charge is 0.273 e. The Bertz CT molecular complexity index is 472. The maximum atomic E-state index is 10.8. The molecule has 1 atom stereocenters. The van der Waals surface area contributed by atoms with Crippen LogP contribution in [0.4, 0.5) is 11.4 Å². The van der Waals surface area contributed by atoms with Gasteiger partial charge in [-0.1, -0.05) is 12.8 Å². The number of hydrogen-bond acceptors (Lipinski definition) is 3. The van der Waals surface area contributed by atoms with Crippen LogP contribution in [0.2, 0.25) is 0 Å². The number of benzene rings is 1. The van der Waals surface area contributed by atoms with Crippen molar-refractivity contribution in [3.8, 4) is 0 Å². The van der Waals surface area contributed by atoms with Gasteiger partial charge in [0.1, 0.15) is 0 Å². The van der Waals surface area contributed by atoms with E-state index in [0.29, 0.717) is 11.6 Å². The normalized spacial score (nSPS) is 16.4. The highest BCUT2D eigenvalue weighted by molar-refractivity contribution is 9.10. The molecule has 0 saturated heterocycles. The maximum absolute atomic E-state index is 10.8. The van der Waals surface area contributed by atoms with E-state index >= 15 is 0 Å². The molecule has 1 aliphatic carbocycles. The Morgan fingerprint density at radius 1 is 1.56 bits per heavy atom. The van der Waals surface area contributed by atoms with Crippen LogP contribution in [-0.2, 0) is 0 Å². The number of nitro groups is 1. The molecule has 1 unspecified atom stereocenters. The summed E-state index contributed by atoms with van der Waals surface area (Å²) in [5.74, 6) is 0.866. The first kappa shape index (κ1) is 13.3. The molecule has 1 fully saturated rings. The van der Waals surface area contributed by atoms with Gasteiger partial charge in [0, 0.05) is 27.8 Å². The topological polar surface area (TPSA) is 55.2 Å². The van der Waals surface area contributed by atoms with Gasteiger partial charge in [-0.25, -0.2) is 0 Å². The minimum atomic E-state index is -0.350. The van der Waals surface area contributed by atoms with Crippen molar-refractivity contribution < 1.29 is 4.92 Å². The van der Waals surface area contributed by atoms with Crippen LogP contribution in [0.25, 0.3) is 0 Å². The highest BCUT2D eigenvalue weighted by Crippen LogP contribution is 2.35. The van der Waals surface area contributed by atoms with Gasteiger partial charge >= 0.3 is 0 Å². The molecule has 0 heterocycles. The zero-order valence-electron chi connectivity index (χ0n) is 10.6. The Kier molecular flexibility index (Phi) is 3.90. The van der Waals surface area contributed by atoms with Crippen LogP contribution in [0.15, 0.2) is 16.6 Å². The summed E-state index contributed by atoms with van der Waals surface area (Å²) in [6, 6.07) is 3.81. The summed E-state index contributed by atoms with van der Waals surface area (Å²) in [6.45, 7) is 3.92. The Labute approximate surface area is 115 Å². The summed E-state index contributed by atoms with van der Waals surface area (Å²) in [6.07, 6.45) is 3.85. The predicted molar refractivity (Wildman–Crippen MR) is 76.0 cm³/mol. The summed E-state index contributed by atoms with van der Waals surface area (Å²) >= 11 is 3.39. The highest BCUT2D eigenvalue weighted by atomic mass is 79.9. The van der Waals surface area contributed by atoms with Gasteiger partial charge in [0.25, 0.3) is 5.69 Å². The molecule has 0 aromatic heterocycles. The number of nitro benzene ring substituents is 1. The monoisotopic (exact) mass is 312 g/mol. The van der Waals surface area contributed by atoms with E-state index in [2.05, 4.69) is 28.2 Å². The molecule has 2 rings (SSSR count). The molecule has 98 valence electrons. The fourth-order valence-corrected chi connectivity index (χ4v) is 2.60. The van der Waals surface area contributed by atoms with Crippen molar-refractivity contribution >= 4 is 27.3 Å². The molecule has 0 radical (unpaired) electrons. The second kappa shape index (κ2) is 5.26. The molecule has 1 N–H and O–H groups in total. The van der Waals surface area contributed by atoms with Crippen LogP contribution >= 0.6 is 15.9 Å². The van der Waals surface area contributed by atoms with E-state index in [-0.39, 0.29) is 10.6 Å². The van der Waals surface area contributed by atoms with Crippen LogP contribution < -0.4 is 5.32 Å². The van der Waals surface area contributed by atoms with Crippen molar-refractivity contribution in [2.45, 2.75) is 39.2 Å². The van der Waals surface area contributed by atoms with Crippen molar-refractivity contribution in [3.05, 3.63) is 32.3 Å². The van der Waals surface area contributed by atoms with E-state index < -0.39 is 0 Å². The van der Waals surface area contributed by atoms with Crippen molar-refractivity contribution in [1.29, 1.82) is 0 Å². The third-order valence-electron chi connectivity index (χ3n) is 3.27. The van der Waals surface area contributed by atoms with Gasteiger partial charge in [-0.15, -0.1) is 0 Å². The molecule has 4 nitrogen and oxygen atoms in total. The van der Waals surface area contributed by atoms with Gasteiger partial charge in [-0.05, 0) is 48.2 Å². The summed E-state index contributed by atoms with van der Waals surface area (Å²) in [5.41, 5.74) is 1.78. The first-order valence-electron chi connectivity index (χ1n) is 6.18. The lowest BCUT2D eigenvalue weighted by molar-refractivity contribution is -0.385. The van der Waals surface area contributed by atoms with Crippen LogP contribution in [-0.4, -0.2) is 11.0 Å². The summed E-state index contributed by atoms with van der Waals surface area (Å²) < 4.78 is 0.752. The van der Waals surface area contributed by atoms with Gasteiger partial charge < -0.3 is 5.32 Å². The molecule has 0 bridgehead atoms. The zero-order valence-corrected chi connectivity index (χ0v) is 12.2. The van der Waals surface area contributed by atoms with E-state index in [9.17, 15) is 10.1 Å². The molecular weight excluding hydrogens is 296 g/mol. The minimum absolute atomic E-state index is 0.155. The fourth-order valence-electron chi connectivity index (χ4n) is 2.16. The fraction of sp³-hybridized carbons (Fsp3) is 0.538. The second-order valence-corrected chi connectivity index (χ2v) is 5.95. The van der Waals surface area contributed by atoms with Crippen molar-refractivity contribution in [2.24, 2.45) is 5.92 Å². The van der Waals surface area contributed by atoms with Gasteiger partial charge in [-0.3, -0.25) is 10.1 Å². The number of hydrogen-bond donors (Lipinski definition) is 1. The van der Waals surface area contributed by atoms with Crippen LogP contribution in [0.1, 0.15) is 31.7 Å². The average Bonchev–Trinajstić information content (AvgIpc) is 3.06. The largest absolute Gasteiger partial charge is 0.382 e. The maximum Gasteiger partial charge on any atom is 0.273 e. The third-order valence-corrected chi connectivity index (χ3v) is 3.92. The third kappa shape index (κ3) is 3.22. The van der Waals surface area contributed by atoms with E-state index in [1.807, 2.05) is 6.07 Å². The van der Waals surface area contributed by atoms with Gasteiger partial charge in [0.05, 0.1) is 4.92 Å². The molecule has 1 aliphatic rings. The highest BCUT2D eigenvalue weighted by Gasteiger charge is 2.24. The molecule has 5 heteroatoms. The first-order chi connectivity index (χ1) is 8.47. The van der Waals surface area contributed by atoms with E-state index in [4.69, 9.17) is 0 Å². The molecule has 18 heavy (non-hydrogen) atoms. The molecule has 1 saturated carbocycles. The SMILES string of the molecule is Cc1cc(NC(C)CC2CC2)c(Br)cc1[N+](=O)[O-]. The number of nitrogens with zero attached hydrogens (tertiary/aromatic N) is 1. The molecule has 0 amide bonds. The summed E-state index contributed by atoms with van der Waals surface area (Å²) in [4.78, 5) is 10.5. The molecule has 0 aliphatic heterocycles. The standard InChI is InChI=1S/C13H17BrN2O2/c1-8-5-12(11(14)7-13(8)16(17)18)15-9(2)6-10-3-4-10/h5,7,9-10,15H,3-4,6H2,1-2H3. The molecule has 1 aromatic rings. The first-order valence-corrected chi connectivity index (χ1v) is 6.97. The Morgan fingerprint density at radius 3 is 2.78 bits per heavy atom. The Hall–Kier alpha value is -1.10. The lowest BCUT2D eigenvalue weighted by atomic mass is 10.1. The number of halogens is 1. The number of anilines is 1. The molecule has 1 aromatic carbocycles.